The molecule has 1 N–H and O–H groups in total. The fraction of sp³-hybridized carbons (Fsp3) is 0.188. The predicted molar refractivity (Wildman–Crippen MR) is 89.8 cm³/mol. The third-order valence-corrected chi connectivity index (χ3v) is 4.44. The highest BCUT2D eigenvalue weighted by Gasteiger charge is 2.16. The Morgan fingerprint density at radius 3 is 2.87 bits per heavy atom. The van der Waals surface area contributed by atoms with Gasteiger partial charge in [-0.1, -0.05) is 6.07 Å². The van der Waals surface area contributed by atoms with E-state index in [4.69, 9.17) is 4.74 Å². The van der Waals surface area contributed by atoms with Crippen LogP contribution in [0.5, 0.6) is 5.75 Å². The number of fused-ring (bicyclic) bond motifs is 1. The molecule has 0 unspecified atom stereocenters. The van der Waals surface area contributed by atoms with Gasteiger partial charge >= 0.3 is 0 Å². The summed E-state index contributed by atoms with van der Waals surface area (Å²) in [4.78, 5) is 30.0. The molecule has 0 aliphatic rings. The van der Waals surface area contributed by atoms with Crippen molar-refractivity contribution in [1.82, 2.24) is 9.38 Å². The molecular weight excluding hydrogens is 314 g/mol. The van der Waals surface area contributed by atoms with Crippen LogP contribution in [0, 0.1) is 13.8 Å². The summed E-state index contributed by atoms with van der Waals surface area (Å²) < 4.78 is 6.61. The van der Waals surface area contributed by atoms with Gasteiger partial charge in [0.25, 0.3) is 11.5 Å². The second-order valence-corrected chi connectivity index (χ2v) is 5.90. The molecule has 1 amide bonds. The number of hydrogen-bond acceptors (Lipinski definition) is 5. The van der Waals surface area contributed by atoms with E-state index in [-0.39, 0.29) is 17.2 Å². The molecular formula is C16H15N3O3S. The fourth-order valence-electron chi connectivity index (χ4n) is 2.28. The summed E-state index contributed by atoms with van der Waals surface area (Å²) in [6.45, 7) is 3.53. The lowest BCUT2D eigenvalue weighted by atomic mass is 10.2. The number of ether oxygens (including phenoxy) is 1. The van der Waals surface area contributed by atoms with Crippen molar-refractivity contribution >= 4 is 27.9 Å². The van der Waals surface area contributed by atoms with Crippen molar-refractivity contribution in [2.45, 2.75) is 13.8 Å². The van der Waals surface area contributed by atoms with Gasteiger partial charge in [-0.3, -0.25) is 14.0 Å². The lowest BCUT2D eigenvalue weighted by Crippen LogP contribution is -2.25. The van der Waals surface area contributed by atoms with Gasteiger partial charge in [0.2, 0.25) is 0 Å². The van der Waals surface area contributed by atoms with E-state index in [0.717, 1.165) is 5.69 Å². The number of thiazole rings is 1. The number of hydrogen-bond donors (Lipinski definition) is 1. The molecule has 0 bridgehead atoms. The van der Waals surface area contributed by atoms with Crippen LogP contribution in [0.3, 0.4) is 0 Å². The van der Waals surface area contributed by atoms with Crippen LogP contribution in [0.2, 0.25) is 0 Å². The third-order valence-electron chi connectivity index (χ3n) is 3.49. The smallest absolute Gasteiger partial charge is 0.282 e. The van der Waals surface area contributed by atoms with Gasteiger partial charge in [0.05, 0.1) is 12.8 Å². The molecule has 7 heteroatoms. The number of carbonyl (C=O) groups is 1. The predicted octanol–water partition coefficient (Wildman–Crippen LogP) is 2.63. The number of amides is 1. The Morgan fingerprint density at radius 1 is 1.35 bits per heavy atom. The normalized spacial score (nSPS) is 10.7. The number of aryl methyl sites for hydroxylation is 2. The van der Waals surface area contributed by atoms with Gasteiger partial charge in [-0.25, -0.2) is 4.98 Å². The van der Waals surface area contributed by atoms with E-state index in [0.29, 0.717) is 22.0 Å². The minimum Gasteiger partial charge on any atom is -0.497 e. The topological polar surface area (TPSA) is 72.7 Å². The molecule has 0 spiro atoms. The van der Waals surface area contributed by atoms with Gasteiger partial charge in [-0.05, 0) is 32.0 Å². The fourth-order valence-corrected chi connectivity index (χ4v) is 3.18. The summed E-state index contributed by atoms with van der Waals surface area (Å²) in [6, 6.07) is 6.74. The average molecular weight is 329 g/mol. The Kier molecular flexibility index (Phi) is 3.87. The van der Waals surface area contributed by atoms with E-state index >= 15 is 0 Å². The first-order valence-corrected chi connectivity index (χ1v) is 7.82. The van der Waals surface area contributed by atoms with E-state index in [1.54, 1.807) is 31.2 Å². The van der Waals surface area contributed by atoms with Gasteiger partial charge in [0.15, 0.2) is 4.96 Å². The van der Waals surface area contributed by atoms with Crippen molar-refractivity contribution in [3.05, 3.63) is 57.0 Å². The molecule has 6 nitrogen and oxygen atoms in total. The Morgan fingerprint density at radius 2 is 2.13 bits per heavy atom. The van der Waals surface area contributed by atoms with Crippen LogP contribution < -0.4 is 15.6 Å². The van der Waals surface area contributed by atoms with Gasteiger partial charge in [-0.15, -0.1) is 11.3 Å². The summed E-state index contributed by atoms with van der Waals surface area (Å²) in [5.41, 5.74) is 1.61. The van der Waals surface area contributed by atoms with Crippen molar-refractivity contribution in [3.63, 3.8) is 0 Å². The molecule has 3 rings (SSSR count). The molecule has 3 aromatic rings. The lowest BCUT2D eigenvalue weighted by Gasteiger charge is -2.09. The van der Waals surface area contributed by atoms with E-state index in [9.17, 15) is 9.59 Å². The highest BCUT2D eigenvalue weighted by atomic mass is 32.1. The number of aromatic nitrogens is 2. The maximum atomic E-state index is 12.6. The van der Waals surface area contributed by atoms with Crippen molar-refractivity contribution in [2.75, 3.05) is 12.4 Å². The number of nitrogens with zero attached hydrogens (tertiary/aromatic N) is 2. The second kappa shape index (κ2) is 5.85. The summed E-state index contributed by atoms with van der Waals surface area (Å²) >= 11 is 1.39. The van der Waals surface area contributed by atoms with E-state index in [2.05, 4.69) is 10.3 Å². The number of carbonyl (C=O) groups excluding carboxylic acids is 1. The van der Waals surface area contributed by atoms with Crippen LogP contribution in [0.25, 0.3) is 4.96 Å². The lowest BCUT2D eigenvalue weighted by molar-refractivity contribution is 0.102. The van der Waals surface area contributed by atoms with E-state index in [1.807, 2.05) is 12.3 Å². The Hall–Kier alpha value is -2.67. The van der Waals surface area contributed by atoms with Crippen LogP contribution in [-0.4, -0.2) is 22.4 Å². The largest absolute Gasteiger partial charge is 0.497 e. The second-order valence-electron chi connectivity index (χ2n) is 5.06. The van der Waals surface area contributed by atoms with Crippen LogP contribution in [0.15, 0.2) is 34.4 Å². The zero-order chi connectivity index (χ0) is 16.6. The zero-order valence-corrected chi connectivity index (χ0v) is 13.7. The van der Waals surface area contributed by atoms with Gasteiger partial charge in [-0.2, -0.15) is 0 Å². The summed E-state index contributed by atoms with van der Waals surface area (Å²) in [5.74, 6) is 0.201. The number of methoxy groups -OCH3 is 1. The van der Waals surface area contributed by atoms with Crippen molar-refractivity contribution < 1.29 is 9.53 Å². The molecule has 0 saturated carbocycles. The highest BCUT2D eigenvalue weighted by molar-refractivity contribution is 7.15. The van der Waals surface area contributed by atoms with E-state index < -0.39 is 0 Å². The quantitative estimate of drug-likeness (QED) is 0.802. The molecule has 0 saturated heterocycles. The number of rotatable bonds is 3. The maximum Gasteiger partial charge on any atom is 0.282 e. The van der Waals surface area contributed by atoms with Gasteiger partial charge in [0, 0.05) is 16.6 Å². The zero-order valence-electron chi connectivity index (χ0n) is 12.9. The van der Waals surface area contributed by atoms with Gasteiger partial charge in [0.1, 0.15) is 11.4 Å². The maximum absolute atomic E-state index is 12.6. The molecule has 2 aromatic heterocycles. The Balaban J connectivity index is 2.02. The van der Waals surface area contributed by atoms with Crippen molar-refractivity contribution in [3.8, 4) is 5.75 Å². The monoisotopic (exact) mass is 329 g/mol. The highest BCUT2D eigenvalue weighted by Crippen LogP contribution is 2.17. The standard InChI is InChI=1S/C16H15N3O3S/c1-9-8-23-16-17-10(2)13(15(21)19(9)16)18-14(20)11-5-4-6-12(7-11)22-3/h4-8H,1-3H3,(H,18,20). The van der Waals surface area contributed by atoms with Gasteiger partial charge < -0.3 is 10.1 Å². The molecule has 0 radical (unpaired) electrons. The van der Waals surface area contributed by atoms with Crippen molar-refractivity contribution in [1.29, 1.82) is 0 Å². The molecule has 0 fully saturated rings. The first-order valence-electron chi connectivity index (χ1n) is 6.94. The molecule has 0 atom stereocenters. The van der Waals surface area contributed by atoms with Crippen molar-refractivity contribution in [2.24, 2.45) is 0 Å². The summed E-state index contributed by atoms with van der Waals surface area (Å²) in [5, 5.41) is 4.53. The minimum absolute atomic E-state index is 0.191. The number of nitrogens with one attached hydrogen (secondary N) is 1. The molecule has 2 heterocycles. The summed E-state index contributed by atoms with van der Waals surface area (Å²) in [6.07, 6.45) is 0. The molecule has 0 aliphatic carbocycles. The average Bonchev–Trinajstić information content (AvgIpc) is 2.92. The van der Waals surface area contributed by atoms with Crippen LogP contribution in [0.1, 0.15) is 21.7 Å². The molecule has 0 aliphatic heterocycles. The van der Waals surface area contributed by atoms with Crippen LogP contribution in [-0.2, 0) is 0 Å². The third kappa shape index (κ3) is 2.70. The Labute approximate surface area is 136 Å². The number of benzene rings is 1. The Bertz CT molecular complexity index is 959. The first-order chi connectivity index (χ1) is 11.0. The first kappa shape index (κ1) is 15.2. The molecule has 118 valence electrons. The van der Waals surface area contributed by atoms with E-state index in [1.165, 1.54) is 22.8 Å². The summed E-state index contributed by atoms with van der Waals surface area (Å²) in [7, 11) is 1.53. The van der Waals surface area contributed by atoms with Crippen LogP contribution >= 0.6 is 11.3 Å². The number of anilines is 1. The van der Waals surface area contributed by atoms with Crippen LogP contribution in [0.4, 0.5) is 5.69 Å². The SMILES string of the molecule is COc1cccc(C(=O)Nc2c(C)nc3scc(C)n3c2=O)c1. The minimum atomic E-state index is -0.376. The molecule has 1 aromatic carbocycles. The molecule has 23 heavy (non-hydrogen) atoms.